The fraction of sp³-hybridized carbons (Fsp3) is 0.322. The van der Waals surface area contributed by atoms with Crippen molar-refractivity contribution >= 4 is 83.3 Å². The van der Waals surface area contributed by atoms with Crippen LogP contribution in [0.1, 0.15) is 123 Å². The third kappa shape index (κ3) is 15.8. The molecule has 1 fully saturated rings. The third-order valence-electron chi connectivity index (χ3n) is 11.7. The lowest BCUT2D eigenvalue weighted by Gasteiger charge is -2.40. The quantitative estimate of drug-likeness (QED) is 0.0646. The molecule has 0 unspecified atom stereocenters. The summed E-state index contributed by atoms with van der Waals surface area (Å²) < 4.78 is 94.0. The Kier molecular flexibility index (Phi) is 19.8. The molecule has 28 heteroatoms. The molecule has 3 aliphatic heterocycles. The second-order valence-corrected chi connectivity index (χ2v) is 18.9. The van der Waals surface area contributed by atoms with Crippen LogP contribution in [0.4, 0.5) is 0 Å². The van der Waals surface area contributed by atoms with Gasteiger partial charge in [0, 0.05) is 118 Å². The SMILES string of the molecule is CC(=O)OC1=Cc2c(OC(C)=O)cc(O[C@@H]3OC[C@@H](OC(C)=O)[C@H](OC(C)=O)[C@H]3OC(C)=O)c(C3=C(OC(C)=O)[C@@H](c4ccc(OC(C)=O)c(OC(C)=O)c4)Oc4cc(OC(C)=O)cc(OC(C)=O)c43)c2O[C@@H]1c1ccc(OC(C)=O)c(OC(C)=O)c1. The van der Waals surface area contributed by atoms with Crippen LogP contribution in [-0.2, 0) is 86.0 Å². The Labute approximate surface area is 493 Å². The van der Waals surface area contributed by atoms with Gasteiger partial charge >= 0.3 is 71.6 Å². The summed E-state index contributed by atoms with van der Waals surface area (Å²) in [7, 11) is 0. The molecule has 1 saturated heterocycles. The van der Waals surface area contributed by atoms with E-state index in [-0.39, 0.29) is 62.5 Å². The first kappa shape index (κ1) is 63.9. The highest BCUT2D eigenvalue weighted by atomic mass is 16.7. The van der Waals surface area contributed by atoms with E-state index in [0.29, 0.717) is 0 Å². The largest absolute Gasteiger partial charge is 0.477 e. The lowest BCUT2D eigenvalue weighted by atomic mass is 9.86. The summed E-state index contributed by atoms with van der Waals surface area (Å²) >= 11 is 0. The summed E-state index contributed by atoms with van der Waals surface area (Å²) in [4.78, 5) is 154. The van der Waals surface area contributed by atoms with Gasteiger partial charge in [0.2, 0.25) is 12.4 Å². The van der Waals surface area contributed by atoms with Crippen LogP contribution in [0.5, 0.6) is 57.5 Å². The first-order valence-corrected chi connectivity index (χ1v) is 25.9. The number of fused-ring (bicyclic) bond motifs is 2. The monoisotopic (exact) mass is 1210 g/mol. The number of hydrogen-bond donors (Lipinski definition) is 0. The van der Waals surface area contributed by atoms with Gasteiger partial charge in [-0.15, -0.1) is 0 Å². The first-order chi connectivity index (χ1) is 41.0. The fourth-order valence-corrected chi connectivity index (χ4v) is 9.12. The molecule has 87 heavy (non-hydrogen) atoms. The Hall–Kier alpha value is -10.6. The van der Waals surface area contributed by atoms with Gasteiger partial charge in [-0.3, -0.25) is 57.5 Å². The van der Waals surface area contributed by atoms with Crippen molar-refractivity contribution in [1.29, 1.82) is 0 Å². The molecule has 7 rings (SSSR count). The average Bonchev–Trinajstić information content (AvgIpc) is 0.772. The highest BCUT2D eigenvalue weighted by molar-refractivity contribution is 5.98. The minimum Gasteiger partial charge on any atom is -0.477 e. The van der Waals surface area contributed by atoms with Gasteiger partial charge in [0.15, 0.2) is 58.9 Å². The van der Waals surface area contributed by atoms with E-state index in [2.05, 4.69) is 0 Å². The Bertz CT molecular complexity index is 3620. The second kappa shape index (κ2) is 26.9. The van der Waals surface area contributed by atoms with Crippen LogP contribution in [0, 0.1) is 0 Å². The van der Waals surface area contributed by atoms with E-state index in [1.807, 2.05) is 0 Å². The molecule has 0 aromatic heterocycles. The Balaban J connectivity index is 1.72. The number of rotatable bonds is 17. The van der Waals surface area contributed by atoms with Crippen LogP contribution in [-0.4, -0.2) is 103 Å². The molecule has 0 saturated carbocycles. The van der Waals surface area contributed by atoms with Gasteiger partial charge < -0.3 is 75.8 Å². The third-order valence-corrected chi connectivity index (χ3v) is 11.7. The van der Waals surface area contributed by atoms with E-state index in [1.165, 1.54) is 42.5 Å². The number of ether oxygens (including phenoxy) is 16. The number of benzene rings is 4. The normalized spacial score (nSPS) is 18.1. The smallest absolute Gasteiger partial charge is 0.308 e. The van der Waals surface area contributed by atoms with Crippen LogP contribution in [0.3, 0.4) is 0 Å². The molecule has 3 aliphatic rings. The van der Waals surface area contributed by atoms with Gasteiger partial charge in [0.1, 0.15) is 34.5 Å². The summed E-state index contributed by atoms with van der Waals surface area (Å²) in [5.74, 6) is -16.2. The molecule has 28 nitrogen and oxygen atoms in total. The summed E-state index contributed by atoms with van der Waals surface area (Å²) in [5, 5.41) is 0. The molecule has 0 amide bonds. The van der Waals surface area contributed by atoms with Crippen LogP contribution in [0.25, 0.3) is 11.6 Å². The van der Waals surface area contributed by atoms with Gasteiger partial charge in [-0.05, 0) is 30.3 Å². The fourth-order valence-electron chi connectivity index (χ4n) is 9.12. The second-order valence-electron chi connectivity index (χ2n) is 18.9. The van der Waals surface area contributed by atoms with Gasteiger partial charge in [0.05, 0.1) is 23.3 Å². The summed E-state index contributed by atoms with van der Waals surface area (Å²) in [6.07, 6.45) is -9.36. The van der Waals surface area contributed by atoms with E-state index in [4.69, 9.17) is 75.8 Å². The van der Waals surface area contributed by atoms with Crippen LogP contribution in [0.15, 0.2) is 66.1 Å². The molecular formula is C59H54O28. The zero-order valence-corrected chi connectivity index (χ0v) is 48.4. The van der Waals surface area contributed by atoms with Crippen molar-refractivity contribution in [3.63, 3.8) is 0 Å². The minimum atomic E-state index is -1.98. The molecular weight excluding hydrogens is 1160 g/mol. The summed E-state index contributed by atoms with van der Waals surface area (Å²) in [6, 6.07) is 10.7. The topological polar surface area (TPSA) is 353 Å². The lowest BCUT2D eigenvalue weighted by molar-refractivity contribution is -0.259. The summed E-state index contributed by atoms with van der Waals surface area (Å²) in [5.41, 5.74) is -1.66. The van der Waals surface area contributed by atoms with Crippen molar-refractivity contribution < 1.29 is 133 Å². The molecule has 0 spiro atoms. The zero-order chi connectivity index (χ0) is 63.9. The lowest BCUT2D eigenvalue weighted by Crippen LogP contribution is -2.59. The first-order valence-electron chi connectivity index (χ1n) is 25.9. The minimum absolute atomic E-state index is 0.0326. The van der Waals surface area contributed by atoms with Crippen LogP contribution < -0.4 is 47.4 Å². The maximum Gasteiger partial charge on any atom is 0.308 e. The number of carbonyl (C=O) groups is 12. The van der Waals surface area contributed by atoms with Crippen molar-refractivity contribution in [3.05, 3.63) is 93.9 Å². The van der Waals surface area contributed by atoms with Gasteiger partial charge in [-0.2, -0.15) is 0 Å². The predicted octanol–water partition coefficient (Wildman–Crippen LogP) is 6.19. The van der Waals surface area contributed by atoms with Crippen LogP contribution in [0.2, 0.25) is 0 Å². The Morgan fingerprint density at radius 2 is 0.874 bits per heavy atom. The molecule has 0 radical (unpaired) electrons. The highest BCUT2D eigenvalue weighted by Crippen LogP contribution is 2.58. The average molecular weight is 1210 g/mol. The van der Waals surface area contributed by atoms with Gasteiger partial charge in [0.25, 0.3) is 0 Å². The number of esters is 12. The molecule has 0 aliphatic carbocycles. The highest BCUT2D eigenvalue weighted by Gasteiger charge is 2.50. The van der Waals surface area contributed by atoms with Crippen molar-refractivity contribution in [1.82, 2.24) is 0 Å². The van der Waals surface area contributed by atoms with Crippen LogP contribution >= 0.6 is 0 Å². The zero-order valence-electron chi connectivity index (χ0n) is 48.4. The van der Waals surface area contributed by atoms with Crippen molar-refractivity contribution in [2.24, 2.45) is 0 Å². The van der Waals surface area contributed by atoms with E-state index >= 15 is 0 Å². The van der Waals surface area contributed by atoms with E-state index in [9.17, 15) is 57.5 Å². The van der Waals surface area contributed by atoms with E-state index in [1.54, 1.807) is 0 Å². The molecule has 3 heterocycles. The van der Waals surface area contributed by atoms with Crippen molar-refractivity contribution in [3.8, 4) is 57.5 Å². The molecule has 6 atom stereocenters. The van der Waals surface area contributed by atoms with Crippen molar-refractivity contribution in [2.75, 3.05) is 6.61 Å². The van der Waals surface area contributed by atoms with Crippen molar-refractivity contribution in [2.45, 2.75) is 120 Å². The number of carbonyl (C=O) groups excluding carboxylic acids is 12. The maximum atomic E-state index is 13.9. The standard InChI is InChI=1S/C59H54O28/c1-24(60)73-38-19-45(79-30(7)66)50-46(20-38)85-54(37-14-16-41(75-26(3)62)44(18-37)78-29(6)65)57(83-34(11)70)52(50)51-47(86-59-58(84-35(12)71)56(82-33(10)69)49(23-72-59)81-32(9)68)22-42(76-27(4)63)39-21-48(80-31(8)67)53(87-55(39)51)36-13-15-40(74-25(2)61)43(17-36)77-28(5)64/h13-22,49,53-54,56,58-59H,23H2,1-12H3/t49-,53-,54-,56+,58-,59+/m1/s1. The number of hydrogen-bond acceptors (Lipinski definition) is 28. The Morgan fingerprint density at radius 3 is 1.38 bits per heavy atom. The summed E-state index contributed by atoms with van der Waals surface area (Å²) in [6.45, 7) is 11.7. The van der Waals surface area contributed by atoms with Gasteiger partial charge in [-0.1, -0.05) is 12.1 Å². The molecule has 458 valence electrons. The molecule has 0 N–H and O–H groups in total. The molecule has 0 bridgehead atoms. The van der Waals surface area contributed by atoms with Gasteiger partial charge in [-0.25, -0.2) is 0 Å². The Morgan fingerprint density at radius 1 is 0.402 bits per heavy atom. The maximum absolute atomic E-state index is 13.9. The van der Waals surface area contributed by atoms with E-state index in [0.717, 1.165) is 101 Å². The molecule has 4 aromatic carbocycles. The predicted molar refractivity (Wildman–Crippen MR) is 286 cm³/mol. The molecule has 4 aromatic rings. The van der Waals surface area contributed by atoms with E-state index < -0.39 is 155 Å².